The molecule has 0 aromatic rings. The van der Waals surface area contributed by atoms with Gasteiger partial charge in [-0.3, -0.25) is 4.79 Å². The van der Waals surface area contributed by atoms with Gasteiger partial charge < -0.3 is 4.74 Å². The second kappa shape index (κ2) is 17.0. The molecule has 0 radical (unpaired) electrons. The van der Waals surface area contributed by atoms with Gasteiger partial charge in [0.25, 0.3) is 0 Å². The Bertz CT molecular complexity index is 279. The second-order valence-corrected chi connectivity index (χ2v) is 5.56. The summed E-state index contributed by atoms with van der Waals surface area (Å²) in [6.07, 6.45) is 22.6. The summed E-state index contributed by atoms with van der Waals surface area (Å²) in [6.45, 7) is 4.29. The summed E-state index contributed by atoms with van der Waals surface area (Å²) < 4.78 is 4.90. The minimum atomic E-state index is -0.169. The molecule has 0 atom stereocenters. The van der Waals surface area contributed by atoms with Crippen LogP contribution in [0.3, 0.4) is 0 Å². The maximum absolute atomic E-state index is 10.6. The number of carbonyl (C=O) groups is 1. The Hall–Kier alpha value is -1.05. The Morgan fingerprint density at radius 2 is 1.29 bits per heavy atom. The minimum absolute atomic E-state index is 0.169. The summed E-state index contributed by atoms with van der Waals surface area (Å²) in [6, 6.07) is 0. The molecule has 0 aromatic heterocycles. The number of esters is 1. The van der Waals surface area contributed by atoms with E-state index in [2.05, 4.69) is 31.2 Å². The molecule has 2 heteroatoms. The van der Waals surface area contributed by atoms with Crippen molar-refractivity contribution in [2.75, 3.05) is 6.61 Å². The third-order valence-electron chi connectivity index (χ3n) is 3.38. The lowest BCUT2D eigenvalue weighted by Crippen LogP contribution is -1.99. The van der Waals surface area contributed by atoms with Crippen molar-refractivity contribution in [2.45, 2.75) is 84.5 Å². The van der Waals surface area contributed by atoms with E-state index in [0.29, 0.717) is 6.61 Å². The molecule has 0 aliphatic carbocycles. The van der Waals surface area contributed by atoms with Gasteiger partial charge in [-0.05, 0) is 44.9 Å². The van der Waals surface area contributed by atoms with Gasteiger partial charge in [-0.1, -0.05) is 56.9 Å². The third kappa shape index (κ3) is 18.9. The van der Waals surface area contributed by atoms with Crippen LogP contribution in [0.4, 0.5) is 0 Å². The zero-order valence-corrected chi connectivity index (χ0v) is 14.1. The summed E-state index contributed by atoms with van der Waals surface area (Å²) in [4.78, 5) is 10.6. The number of rotatable bonds is 14. The van der Waals surface area contributed by atoms with E-state index in [4.69, 9.17) is 4.74 Å². The van der Waals surface area contributed by atoms with E-state index in [9.17, 15) is 4.79 Å². The molecule has 0 fully saturated rings. The fraction of sp³-hybridized carbons (Fsp3) is 0.737. The highest BCUT2D eigenvalue weighted by Crippen LogP contribution is 2.05. The quantitative estimate of drug-likeness (QED) is 0.224. The van der Waals surface area contributed by atoms with Gasteiger partial charge in [-0.25, -0.2) is 0 Å². The standard InChI is InChI=1S/C19H34O2/c1-3-4-5-6-7-8-9-10-11-12-13-14-15-16-17-18-21-19(2)20/h7-8,11-12H,3-6,9-10,13-18H2,1-2H3/b8-7+,12-11+. The first kappa shape index (κ1) is 19.9. The molecule has 21 heavy (non-hydrogen) atoms. The molecular weight excluding hydrogens is 260 g/mol. The lowest BCUT2D eigenvalue weighted by atomic mass is 10.1. The van der Waals surface area contributed by atoms with Crippen molar-refractivity contribution in [2.24, 2.45) is 0 Å². The zero-order chi connectivity index (χ0) is 15.6. The van der Waals surface area contributed by atoms with Gasteiger partial charge in [0.05, 0.1) is 6.61 Å². The Labute approximate surface area is 131 Å². The molecule has 0 saturated heterocycles. The molecule has 0 heterocycles. The smallest absolute Gasteiger partial charge is 0.302 e. The van der Waals surface area contributed by atoms with Gasteiger partial charge in [-0.15, -0.1) is 0 Å². The summed E-state index contributed by atoms with van der Waals surface area (Å²) in [5, 5.41) is 0. The van der Waals surface area contributed by atoms with Crippen molar-refractivity contribution in [1.82, 2.24) is 0 Å². The van der Waals surface area contributed by atoms with Crippen molar-refractivity contribution in [3.8, 4) is 0 Å². The van der Waals surface area contributed by atoms with Crippen LogP contribution >= 0.6 is 0 Å². The summed E-state index contributed by atoms with van der Waals surface area (Å²) in [5.74, 6) is -0.169. The largest absolute Gasteiger partial charge is 0.466 e. The maximum Gasteiger partial charge on any atom is 0.302 e. The Morgan fingerprint density at radius 1 is 0.762 bits per heavy atom. The average Bonchev–Trinajstić information content (AvgIpc) is 2.46. The molecular formula is C19H34O2. The number of unbranched alkanes of at least 4 members (excludes halogenated alkanes) is 8. The van der Waals surface area contributed by atoms with Crippen LogP contribution in [0.2, 0.25) is 0 Å². The lowest BCUT2D eigenvalue weighted by Gasteiger charge is -2.00. The van der Waals surface area contributed by atoms with Crippen LogP contribution in [-0.2, 0) is 9.53 Å². The van der Waals surface area contributed by atoms with Crippen LogP contribution < -0.4 is 0 Å². The van der Waals surface area contributed by atoms with E-state index in [1.54, 1.807) is 0 Å². The number of hydrogen-bond donors (Lipinski definition) is 0. The molecule has 122 valence electrons. The maximum atomic E-state index is 10.6. The van der Waals surface area contributed by atoms with Crippen molar-refractivity contribution in [3.05, 3.63) is 24.3 Å². The highest BCUT2D eigenvalue weighted by molar-refractivity contribution is 5.65. The molecule has 0 unspecified atom stereocenters. The summed E-state index contributed by atoms with van der Waals surface area (Å²) >= 11 is 0. The minimum Gasteiger partial charge on any atom is -0.466 e. The molecule has 0 rings (SSSR count). The van der Waals surface area contributed by atoms with Crippen LogP contribution in [0.1, 0.15) is 84.5 Å². The van der Waals surface area contributed by atoms with E-state index in [1.165, 1.54) is 58.3 Å². The van der Waals surface area contributed by atoms with E-state index in [-0.39, 0.29) is 5.97 Å². The van der Waals surface area contributed by atoms with Gasteiger partial charge >= 0.3 is 5.97 Å². The molecule has 0 aliphatic heterocycles. The number of carbonyl (C=O) groups excluding carboxylic acids is 1. The lowest BCUT2D eigenvalue weighted by molar-refractivity contribution is -0.141. The van der Waals surface area contributed by atoms with Gasteiger partial charge in [0.15, 0.2) is 0 Å². The molecule has 0 aromatic carbocycles. The average molecular weight is 294 g/mol. The van der Waals surface area contributed by atoms with Crippen LogP contribution in [0, 0.1) is 0 Å². The topological polar surface area (TPSA) is 26.3 Å². The van der Waals surface area contributed by atoms with Crippen LogP contribution in [0.15, 0.2) is 24.3 Å². The number of hydrogen-bond acceptors (Lipinski definition) is 2. The molecule has 0 aliphatic rings. The third-order valence-corrected chi connectivity index (χ3v) is 3.38. The molecule has 0 bridgehead atoms. The van der Waals surface area contributed by atoms with E-state index >= 15 is 0 Å². The normalized spacial score (nSPS) is 11.5. The van der Waals surface area contributed by atoms with Crippen molar-refractivity contribution in [1.29, 1.82) is 0 Å². The predicted octanol–water partition coefficient (Wildman–Crippen LogP) is 5.97. The number of ether oxygens (including phenoxy) is 1. The number of allylic oxidation sites excluding steroid dienone is 4. The Balaban J connectivity index is 3.17. The highest BCUT2D eigenvalue weighted by atomic mass is 16.5. The van der Waals surface area contributed by atoms with Crippen molar-refractivity contribution >= 4 is 5.97 Å². The first-order valence-electron chi connectivity index (χ1n) is 8.70. The zero-order valence-electron chi connectivity index (χ0n) is 14.1. The van der Waals surface area contributed by atoms with Crippen LogP contribution in [-0.4, -0.2) is 12.6 Å². The van der Waals surface area contributed by atoms with Crippen LogP contribution in [0.5, 0.6) is 0 Å². The summed E-state index contributed by atoms with van der Waals surface area (Å²) in [5.41, 5.74) is 0. The second-order valence-electron chi connectivity index (χ2n) is 5.56. The van der Waals surface area contributed by atoms with Gasteiger partial charge in [0, 0.05) is 6.92 Å². The summed E-state index contributed by atoms with van der Waals surface area (Å²) in [7, 11) is 0. The first-order valence-corrected chi connectivity index (χ1v) is 8.70. The Kier molecular flexibility index (Phi) is 16.2. The van der Waals surface area contributed by atoms with Crippen molar-refractivity contribution in [3.63, 3.8) is 0 Å². The predicted molar refractivity (Wildman–Crippen MR) is 91.4 cm³/mol. The van der Waals surface area contributed by atoms with Crippen molar-refractivity contribution < 1.29 is 9.53 Å². The van der Waals surface area contributed by atoms with Crippen LogP contribution in [0.25, 0.3) is 0 Å². The van der Waals surface area contributed by atoms with E-state index < -0.39 is 0 Å². The first-order chi connectivity index (χ1) is 10.3. The molecule has 0 spiro atoms. The monoisotopic (exact) mass is 294 g/mol. The molecule has 0 N–H and O–H groups in total. The van der Waals surface area contributed by atoms with E-state index in [0.717, 1.165) is 19.3 Å². The van der Waals surface area contributed by atoms with Gasteiger partial charge in [-0.2, -0.15) is 0 Å². The highest BCUT2D eigenvalue weighted by Gasteiger charge is 1.92. The van der Waals surface area contributed by atoms with E-state index in [1.807, 2.05) is 0 Å². The Morgan fingerprint density at radius 3 is 1.86 bits per heavy atom. The fourth-order valence-electron chi connectivity index (χ4n) is 2.11. The fourth-order valence-corrected chi connectivity index (χ4v) is 2.11. The SMILES string of the molecule is CCCCC/C=C/CC/C=C/CCCCCCOC(C)=O. The molecule has 0 saturated carbocycles. The van der Waals surface area contributed by atoms with Gasteiger partial charge in [0.1, 0.15) is 0 Å². The molecule has 0 amide bonds. The molecule has 2 nitrogen and oxygen atoms in total. The van der Waals surface area contributed by atoms with Gasteiger partial charge in [0.2, 0.25) is 0 Å².